The maximum Gasteiger partial charge on any atom is 0.260 e. The predicted octanol–water partition coefficient (Wildman–Crippen LogP) is 1.29. The van der Waals surface area contributed by atoms with E-state index in [-0.39, 0.29) is 6.04 Å². The molecule has 2 heterocycles. The summed E-state index contributed by atoms with van der Waals surface area (Å²) in [6.07, 6.45) is -0.714. The molecule has 1 aromatic heterocycles. The third-order valence-electron chi connectivity index (χ3n) is 2.15. The van der Waals surface area contributed by atoms with Gasteiger partial charge in [0.05, 0.1) is 0 Å². The summed E-state index contributed by atoms with van der Waals surface area (Å²) < 4.78 is 26.3. The third-order valence-corrected chi connectivity index (χ3v) is 2.15. The second-order valence-electron chi connectivity index (χ2n) is 3.21. The minimum absolute atomic E-state index is 0.0238. The first-order chi connectivity index (χ1) is 6.18. The molecule has 1 aromatic rings. The molecule has 0 spiro atoms. The number of alkyl halides is 2. The van der Waals surface area contributed by atoms with E-state index in [0.717, 1.165) is 0 Å². The maximum atomic E-state index is 12.5. The number of hydrogen-bond donors (Lipinski definition) is 1. The van der Waals surface area contributed by atoms with Crippen molar-refractivity contribution in [3.8, 4) is 0 Å². The van der Waals surface area contributed by atoms with E-state index in [1.165, 1.54) is 11.0 Å². The van der Waals surface area contributed by atoms with Gasteiger partial charge in [0.15, 0.2) is 0 Å². The topological polar surface area (TPSA) is 42.7 Å². The molecule has 0 aromatic carbocycles. The highest BCUT2D eigenvalue weighted by Gasteiger charge is 2.31. The molecule has 0 fully saturated rings. The van der Waals surface area contributed by atoms with Crippen LogP contribution in [0.25, 0.3) is 0 Å². The van der Waals surface area contributed by atoms with Gasteiger partial charge in [-0.1, -0.05) is 0 Å². The van der Waals surface area contributed by atoms with Crippen LogP contribution in [0.2, 0.25) is 0 Å². The van der Waals surface area contributed by atoms with Crippen LogP contribution < -0.4 is 5.32 Å². The standard InChI is InChI=1S/C7H10F2N4/c1-4-2-5(6(8)9)13-7(12-4)10-3-11-13/h3-6H,2H2,1H3,(H,10,11,12). The SMILES string of the molecule is CC1CC(C(F)F)n2ncnc2N1. The lowest BCUT2D eigenvalue weighted by atomic mass is 10.1. The Labute approximate surface area is 74.0 Å². The number of fused-ring (bicyclic) bond motifs is 1. The Bertz CT molecular complexity index is 298. The molecule has 0 amide bonds. The van der Waals surface area contributed by atoms with Crippen LogP contribution in [0.3, 0.4) is 0 Å². The Hall–Kier alpha value is -1.20. The molecule has 4 nitrogen and oxygen atoms in total. The largest absolute Gasteiger partial charge is 0.352 e. The van der Waals surface area contributed by atoms with E-state index in [4.69, 9.17) is 0 Å². The summed E-state index contributed by atoms with van der Waals surface area (Å²) in [6.45, 7) is 1.85. The van der Waals surface area contributed by atoms with Crippen molar-refractivity contribution < 1.29 is 8.78 Å². The lowest BCUT2D eigenvalue weighted by Crippen LogP contribution is -2.33. The lowest BCUT2D eigenvalue weighted by molar-refractivity contribution is 0.0666. The zero-order valence-electron chi connectivity index (χ0n) is 7.11. The number of anilines is 1. The predicted molar refractivity (Wildman–Crippen MR) is 42.8 cm³/mol. The summed E-state index contributed by atoms with van der Waals surface area (Å²) in [5.41, 5.74) is 0. The number of hydrogen-bond acceptors (Lipinski definition) is 3. The van der Waals surface area contributed by atoms with Gasteiger partial charge in [-0.2, -0.15) is 10.1 Å². The van der Waals surface area contributed by atoms with E-state index in [0.29, 0.717) is 12.4 Å². The molecule has 0 saturated heterocycles. The zero-order valence-corrected chi connectivity index (χ0v) is 7.11. The summed E-state index contributed by atoms with van der Waals surface area (Å²) in [5.74, 6) is 0.434. The molecule has 1 N–H and O–H groups in total. The molecule has 2 unspecified atom stereocenters. The van der Waals surface area contributed by atoms with Crippen LogP contribution >= 0.6 is 0 Å². The first-order valence-electron chi connectivity index (χ1n) is 4.12. The molecule has 13 heavy (non-hydrogen) atoms. The number of aromatic nitrogens is 3. The van der Waals surface area contributed by atoms with E-state index < -0.39 is 12.5 Å². The quantitative estimate of drug-likeness (QED) is 0.722. The van der Waals surface area contributed by atoms with Crippen LogP contribution in [0.1, 0.15) is 19.4 Å². The number of nitrogens with one attached hydrogen (secondary N) is 1. The third kappa shape index (κ3) is 1.36. The zero-order chi connectivity index (χ0) is 9.42. The van der Waals surface area contributed by atoms with E-state index in [9.17, 15) is 8.78 Å². The minimum Gasteiger partial charge on any atom is -0.352 e. The number of nitrogens with zero attached hydrogens (tertiary/aromatic N) is 3. The molecule has 0 radical (unpaired) electrons. The van der Waals surface area contributed by atoms with Crippen LogP contribution in [-0.4, -0.2) is 27.2 Å². The van der Waals surface area contributed by atoms with Crippen molar-refractivity contribution in [1.29, 1.82) is 0 Å². The minimum atomic E-state index is -2.38. The van der Waals surface area contributed by atoms with E-state index in [1.807, 2.05) is 6.92 Å². The Morgan fingerprint density at radius 2 is 2.46 bits per heavy atom. The summed E-state index contributed by atoms with van der Waals surface area (Å²) in [5, 5.41) is 6.74. The van der Waals surface area contributed by atoms with Gasteiger partial charge in [0, 0.05) is 6.04 Å². The van der Waals surface area contributed by atoms with Crippen LogP contribution in [0.4, 0.5) is 14.7 Å². The molecular weight excluding hydrogens is 178 g/mol. The molecule has 1 aliphatic rings. The fourth-order valence-electron chi connectivity index (χ4n) is 1.55. The Morgan fingerprint density at radius 1 is 1.69 bits per heavy atom. The molecule has 72 valence electrons. The van der Waals surface area contributed by atoms with Crippen molar-refractivity contribution in [2.75, 3.05) is 5.32 Å². The summed E-state index contributed by atoms with van der Waals surface area (Å²) >= 11 is 0. The van der Waals surface area contributed by atoms with Crippen LogP contribution in [0.15, 0.2) is 6.33 Å². The fraction of sp³-hybridized carbons (Fsp3) is 0.714. The molecule has 1 aliphatic heterocycles. The monoisotopic (exact) mass is 188 g/mol. The highest BCUT2D eigenvalue weighted by molar-refractivity contribution is 5.28. The van der Waals surface area contributed by atoms with Crippen LogP contribution in [-0.2, 0) is 0 Å². The first-order valence-corrected chi connectivity index (χ1v) is 4.12. The van der Waals surface area contributed by atoms with Gasteiger partial charge in [0.2, 0.25) is 5.95 Å². The molecule has 2 rings (SSSR count). The molecule has 0 bridgehead atoms. The molecule has 6 heteroatoms. The second-order valence-corrected chi connectivity index (χ2v) is 3.21. The van der Waals surface area contributed by atoms with Gasteiger partial charge in [-0.15, -0.1) is 0 Å². The van der Waals surface area contributed by atoms with Crippen LogP contribution in [0, 0.1) is 0 Å². The van der Waals surface area contributed by atoms with Crippen LogP contribution in [0.5, 0.6) is 0 Å². The molecule has 2 atom stereocenters. The summed E-state index contributed by atoms with van der Waals surface area (Å²) in [4.78, 5) is 3.85. The number of rotatable bonds is 1. The average Bonchev–Trinajstić information content (AvgIpc) is 2.49. The highest BCUT2D eigenvalue weighted by Crippen LogP contribution is 2.28. The van der Waals surface area contributed by atoms with E-state index >= 15 is 0 Å². The second kappa shape index (κ2) is 2.93. The van der Waals surface area contributed by atoms with Gasteiger partial charge in [-0.3, -0.25) is 0 Å². The van der Waals surface area contributed by atoms with Gasteiger partial charge in [0.1, 0.15) is 12.4 Å². The Balaban J connectivity index is 2.32. The van der Waals surface area contributed by atoms with Gasteiger partial charge in [-0.05, 0) is 13.3 Å². The molecular formula is C7H10F2N4. The highest BCUT2D eigenvalue weighted by atomic mass is 19.3. The molecule has 0 saturated carbocycles. The van der Waals surface area contributed by atoms with E-state index in [2.05, 4.69) is 15.4 Å². The summed E-state index contributed by atoms with van der Waals surface area (Å²) in [7, 11) is 0. The maximum absolute atomic E-state index is 12.5. The first kappa shape index (κ1) is 8.40. The van der Waals surface area contributed by atoms with Gasteiger partial charge < -0.3 is 5.32 Å². The van der Waals surface area contributed by atoms with Crippen molar-refractivity contribution >= 4 is 5.95 Å². The average molecular weight is 188 g/mol. The normalized spacial score (nSPS) is 27.1. The van der Waals surface area contributed by atoms with Gasteiger partial charge in [0.25, 0.3) is 6.43 Å². The van der Waals surface area contributed by atoms with E-state index in [1.54, 1.807) is 0 Å². The Kier molecular flexibility index (Phi) is 1.90. The smallest absolute Gasteiger partial charge is 0.260 e. The van der Waals surface area contributed by atoms with Crippen molar-refractivity contribution in [3.05, 3.63) is 6.33 Å². The van der Waals surface area contributed by atoms with Gasteiger partial charge in [-0.25, -0.2) is 13.5 Å². The van der Waals surface area contributed by atoms with Gasteiger partial charge >= 0.3 is 0 Å². The van der Waals surface area contributed by atoms with Crippen molar-refractivity contribution in [1.82, 2.24) is 14.8 Å². The number of halogens is 2. The fourth-order valence-corrected chi connectivity index (χ4v) is 1.55. The van der Waals surface area contributed by atoms with Crippen molar-refractivity contribution in [3.63, 3.8) is 0 Å². The molecule has 0 aliphatic carbocycles. The summed E-state index contributed by atoms with van der Waals surface area (Å²) in [6, 6.07) is -0.815. The Morgan fingerprint density at radius 3 is 3.15 bits per heavy atom. The lowest BCUT2D eigenvalue weighted by Gasteiger charge is -2.28. The van der Waals surface area contributed by atoms with Crippen molar-refractivity contribution in [2.24, 2.45) is 0 Å². The van der Waals surface area contributed by atoms with Crippen molar-refractivity contribution in [2.45, 2.75) is 31.9 Å².